The number of aryl methyl sites for hydroxylation is 4. The summed E-state index contributed by atoms with van der Waals surface area (Å²) < 4.78 is 6.19. The fourth-order valence-corrected chi connectivity index (χ4v) is 12.6. The van der Waals surface area contributed by atoms with Crippen molar-refractivity contribution < 1.29 is 0 Å². The maximum Gasteiger partial charge on any atom is 0.0391 e. The monoisotopic (exact) mass is 734 g/mol. The Kier molecular flexibility index (Phi) is 12.1. The molecule has 4 heteroatoms. The number of hydrogen-bond donors (Lipinski definition) is 0. The minimum absolute atomic E-state index is 1.21. The Bertz CT molecular complexity index is 2010. The highest BCUT2D eigenvalue weighted by atomic mass is 32.1. The van der Waals surface area contributed by atoms with Crippen LogP contribution in [0, 0.1) is 0 Å². The van der Waals surface area contributed by atoms with Gasteiger partial charge in [-0.1, -0.05) is 103 Å². The van der Waals surface area contributed by atoms with Crippen molar-refractivity contribution in [1.82, 2.24) is 0 Å². The van der Waals surface area contributed by atoms with Gasteiger partial charge in [-0.15, -0.1) is 45.3 Å². The highest BCUT2D eigenvalue weighted by Crippen LogP contribution is 2.47. The highest BCUT2D eigenvalue weighted by Gasteiger charge is 2.20. The Balaban J connectivity index is 1.26. The van der Waals surface area contributed by atoms with E-state index in [0.717, 1.165) is 0 Å². The van der Waals surface area contributed by atoms with Crippen LogP contribution >= 0.6 is 45.3 Å². The molecule has 0 radical (unpaired) electrons. The lowest BCUT2D eigenvalue weighted by atomic mass is 9.93. The average molecular weight is 735 g/mol. The van der Waals surface area contributed by atoms with Crippen molar-refractivity contribution in [3.63, 3.8) is 0 Å². The van der Waals surface area contributed by atoms with E-state index >= 15 is 0 Å². The minimum atomic E-state index is 1.21. The summed E-state index contributed by atoms with van der Waals surface area (Å²) in [5.41, 5.74) is 9.32. The lowest BCUT2D eigenvalue weighted by molar-refractivity contribution is 0.699. The van der Waals surface area contributed by atoms with Gasteiger partial charge in [0.2, 0.25) is 0 Å². The Morgan fingerprint density at radius 1 is 0.380 bits per heavy atom. The number of fused-ring (bicyclic) bond motifs is 6. The van der Waals surface area contributed by atoms with Crippen molar-refractivity contribution in [2.45, 2.75) is 130 Å². The van der Waals surface area contributed by atoms with Crippen molar-refractivity contribution in [3.8, 4) is 20.9 Å². The topological polar surface area (TPSA) is 0 Å². The van der Waals surface area contributed by atoms with E-state index < -0.39 is 0 Å². The summed E-state index contributed by atoms with van der Waals surface area (Å²) in [7, 11) is 0. The first-order valence-electron chi connectivity index (χ1n) is 19.7. The van der Waals surface area contributed by atoms with E-state index in [9.17, 15) is 0 Å². The first kappa shape index (κ1) is 35.9. The molecule has 0 spiro atoms. The number of thiophene rings is 4. The zero-order chi connectivity index (χ0) is 34.5. The second-order valence-corrected chi connectivity index (χ2v) is 18.3. The molecule has 0 unspecified atom stereocenters. The van der Waals surface area contributed by atoms with Crippen LogP contribution in [0.15, 0.2) is 59.3 Å². The Morgan fingerprint density at radius 2 is 0.720 bits per heavy atom. The molecule has 0 amide bonds. The first-order valence-corrected chi connectivity index (χ1v) is 23.1. The summed E-state index contributed by atoms with van der Waals surface area (Å²) >= 11 is 8.02. The first-order chi connectivity index (χ1) is 24.7. The molecule has 0 aliphatic rings. The van der Waals surface area contributed by atoms with E-state index in [1.165, 1.54) is 145 Å². The third kappa shape index (κ3) is 7.25. The molecule has 0 N–H and O–H groups in total. The standard InChI is InChI=1S/C46H54S4/c1-5-9-13-17-33-35(19-15-11-7-3)45-39(37-25-27-47-43(33)37)29-41(49-45)31-21-23-32(24-22-31)42-30-40-38-26-28-48-44(38)34(18-14-10-6-2)36(46(40)50-42)20-16-12-8-4/h21-30H,5-20H2,1-4H3. The fraction of sp³-hybridized carbons (Fsp3) is 0.435. The summed E-state index contributed by atoms with van der Waals surface area (Å²) in [6, 6.07) is 19.4. The van der Waals surface area contributed by atoms with E-state index in [-0.39, 0.29) is 0 Å². The van der Waals surface area contributed by atoms with Crippen molar-refractivity contribution in [2.75, 3.05) is 0 Å². The number of benzene rings is 3. The predicted octanol–water partition coefficient (Wildman–Crippen LogP) is 16.8. The normalized spacial score (nSPS) is 12.1. The van der Waals surface area contributed by atoms with Gasteiger partial charge < -0.3 is 0 Å². The van der Waals surface area contributed by atoms with Gasteiger partial charge in [-0.3, -0.25) is 0 Å². The quantitative estimate of drug-likeness (QED) is 0.0770. The van der Waals surface area contributed by atoms with E-state index in [1.807, 2.05) is 45.3 Å². The van der Waals surface area contributed by atoms with Gasteiger partial charge in [-0.05, 0) is 120 Å². The number of hydrogen-bond acceptors (Lipinski definition) is 4. The van der Waals surface area contributed by atoms with Crippen LogP contribution in [-0.2, 0) is 25.7 Å². The Morgan fingerprint density at radius 3 is 1.06 bits per heavy atom. The molecule has 0 saturated carbocycles. The minimum Gasteiger partial charge on any atom is -0.143 e. The van der Waals surface area contributed by atoms with Gasteiger partial charge in [-0.25, -0.2) is 0 Å². The number of unbranched alkanes of at least 4 members (excludes halogenated alkanes) is 8. The molecule has 7 aromatic rings. The second-order valence-electron chi connectivity index (χ2n) is 14.4. The summed E-state index contributed by atoms with van der Waals surface area (Å²) in [6.45, 7) is 9.30. The van der Waals surface area contributed by atoms with Gasteiger partial charge in [0.25, 0.3) is 0 Å². The molecule has 4 aromatic heterocycles. The molecule has 0 fully saturated rings. The molecule has 0 nitrogen and oxygen atoms in total. The molecule has 262 valence electrons. The zero-order valence-electron chi connectivity index (χ0n) is 30.7. The molecule has 4 heterocycles. The molecular formula is C46H54S4. The average Bonchev–Trinajstić information content (AvgIpc) is 3.96. The molecule has 7 rings (SSSR count). The van der Waals surface area contributed by atoms with Gasteiger partial charge >= 0.3 is 0 Å². The van der Waals surface area contributed by atoms with Gasteiger partial charge in [0.05, 0.1) is 0 Å². The Labute approximate surface area is 316 Å². The van der Waals surface area contributed by atoms with Crippen molar-refractivity contribution >= 4 is 85.7 Å². The molecule has 50 heavy (non-hydrogen) atoms. The maximum atomic E-state index is 2.51. The van der Waals surface area contributed by atoms with Gasteiger partial charge in [0.1, 0.15) is 0 Å². The van der Waals surface area contributed by atoms with Gasteiger partial charge in [0.15, 0.2) is 0 Å². The molecular weight excluding hydrogens is 681 g/mol. The zero-order valence-corrected chi connectivity index (χ0v) is 34.0. The van der Waals surface area contributed by atoms with E-state index in [4.69, 9.17) is 0 Å². The van der Waals surface area contributed by atoms with Crippen molar-refractivity contribution in [3.05, 3.63) is 81.5 Å². The smallest absolute Gasteiger partial charge is 0.0391 e. The van der Waals surface area contributed by atoms with Crippen molar-refractivity contribution in [2.24, 2.45) is 0 Å². The van der Waals surface area contributed by atoms with Gasteiger partial charge in [-0.2, -0.15) is 0 Å². The summed E-state index contributed by atoms with van der Waals surface area (Å²) in [5.74, 6) is 0. The molecule has 0 aliphatic heterocycles. The van der Waals surface area contributed by atoms with E-state index in [2.05, 4.69) is 87.0 Å². The van der Waals surface area contributed by atoms with Crippen LogP contribution < -0.4 is 0 Å². The van der Waals surface area contributed by atoms with Crippen LogP contribution in [0.5, 0.6) is 0 Å². The van der Waals surface area contributed by atoms with E-state index in [1.54, 1.807) is 41.1 Å². The highest BCUT2D eigenvalue weighted by molar-refractivity contribution is 7.23. The summed E-state index contributed by atoms with van der Waals surface area (Å²) in [4.78, 5) is 2.82. The lowest BCUT2D eigenvalue weighted by Crippen LogP contribution is -1.97. The number of rotatable bonds is 18. The maximum absolute atomic E-state index is 2.51. The molecule has 3 aromatic carbocycles. The predicted molar refractivity (Wildman–Crippen MR) is 232 cm³/mol. The van der Waals surface area contributed by atoms with Crippen LogP contribution in [0.1, 0.15) is 127 Å². The molecule has 0 saturated heterocycles. The molecule has 0 bridgehead atoms. The third-order valence-corrected chi connectivity index (χ3v) is 15.2. The molecule has 0 aliphatic carbocycles. The third-order valence-electron chi connectivity index (χ3n) is 10.8. The molecule has 0 atom stereocenters. The summed E-state index contributed by atoms with van der Waals surface area (Å²) in [6.07, 6.45) is 20.4. The van der Waals surface area contributed by atoms with E-state index in [0.29, 0.717) is 0 Å². The van der Waals surface area contributed by atoms with Crippen LogP contribution in [0.25, 0.3) is 61.2 Å². The summed E-state index contributed by atoms with van der Waals surface area (Å²) in [5, 5.41) is 10.6. The van der Waals surface area contributed by atoms with Crippen LogP contribution in [0.4, 0.5) is 0 Å². The largest absolute Gasteiger partial charge is 0.143 e. The van der Waals surface area contributed by atoms with Gasteiger partial charge in [0, 0.05) is 50.1 Å². The van der Waals surface area contributed by atoms with Crippen LogP contribution in [-0.4, -0.2) is 0 Å². The fourth-order valence-electron chi connectivity index (χ4n) is 8.04. The SMILES string of the molecule is CCCCCc1c(CCCCC)c2sc(-c3ccc(-c4cc5c(s4)c(CCCCC)c(CCCCC)c4sccc45)cc3)cc2c2ccsc12. The van der Waals surface area contributed by atoms with Crippen LogP contribution in [0.2, 0.25) is 0 Å². The second kappa shape index (κ2) is 16.9. The van der Waals surface area contributed by atoms with Crippen molar-refractivity contribution in [1.29, 1.82) is 0 Å². The Hall–Kier alpha value is -2.50. The van der Waals surface area contributed by atoms with Crippen LogP contribution in [0.3, 0.4) is 0 Å². The lowest BCUT2D eigenvalue weighted by Gasteiger charge is -2.13.